The lowest BCUT2D eigenvalue weighted by Gasteiger charge is -2.09. The predicted octanol–water partition coefficient (Wildman–Crippen LogP) is 2.13. The van der Waals surface area contributed by atoms with Crippen LogP contribution in [-0.4, -0.2) is 38.7 Å². The summed E-state index contributed by atoms with van der Waals surface area (Å²) < 4.78 is 32.2. The molecule has 1 saturated carbocycles. The number of ketones is 1. The molecule has 0 unspecified atom stereocenters. The van der Waals surface area contributed by atoms with E-state index in [0.717, 1.165) is 12.8 Å². The van der Waals surface area contributed by atoms with Crippen molar-refractivity contribution in [2.24, 2.45) is 0 Å². The third-order valence-corrected chi connectivity index (χ3v) is 5.62. The summed E-state index contributed by atoms with van der Waals surface area (Å²) in [6.07, 6.45) is 1.88. The van der Waals surface area contributed by atoms with Crippen LogP contribution in [0.25, 0.3) is 0 Å². The molecule has 1 amide bonds. The van der Waals surface area contributed by atoms with Crippen LogP contribution in [0.2, 0.25) is 0 Å². The fourth-order valence-electron chi connectivity index (χ4n) is 2.47. The van der Waals surface area contributed by atoms with E-state index < -0.39 is 16.0 Å². The van der Waals surface area contributed by atoms with Crippen LogP contribution in [0.1, 0.15) is 40.5 Å². The van der Waals surface area contributed by atoms with Gasteiger partial charge in [-0.05, 0) is 56.2 Å². The van der Waals surface area contributed by atoms with E-state index in [1.54, 1.807) is 0 Å². The maximum absolute atomic E-state index is 12.4. The van der Waals surface area contributed by atoms with Crippen molar-refractivity contribution in [1.29, 1.82) is 0 Å². The number of nitrogens with one attached hydrogen (secondary N) is 2. The lowest BCUT2D eigenvalue weighted by molar-refractivity contribution is -0.124. The minimum atomic E-state index is -3.85. The number of amides is 1. The normalized spacial score (nSPS) is 13.4. The van der Waals surface area contributed by atoms with Crippen molar-refractivity contribution >= 4 is 33.4 Å². The van der Waals surface area contributed by atoms with Gasteiger partial charge in [0.25, 0.3) is 15.9 Å². The highest BCUT2D eigenvalue weighted by Gasteiger charge is 2.23. The fourth-order valence-corrected chi connectivity index (χ4v) is 3.53. The summed E-state index contributed by atoms with van der Waals surface area (Å²) in [7, 11) is -3.85. The molecule has 0 spiro atoms. The molecule has 2 aromatic carbocycles. The maximum atomic E-state index is 12.4. The molecule has 2 aromatic rings. The SMILES string of the molecule is CC(=O)c1ccc(S(=O)(=O)Nc2ccc(C(=O)OCC(=O)NC3CC3)cc2)cc1. The van der Waals surface area contributed by atoms with Gasteiger partial charge in [-0.3, -0.25) is 14.3 Å². The molecule has 1 aliphatic rings. The molecule has 0 saturated heterocycles. The van der Waals surface area contributed by atoms with E-state index in [9.17, 15) is 22.8 Å². The quantitative estimate of drug-likeness (QED) is 0.503. The van der Waals surface area contributed by atoms with E-state index in [4.69, 9.17) is 4.74 Å². The molecule has 0 bridgehead atoms. The number of Topliss-reactive ketones (excluding diaryl/α,β-unsaturated/α-hetero) is 1. The van der Waals surface area contributed by atoms with Gasteiger partial charge >= 0.3 is 5.97 Å². The monoisotopic (exact) mass is 416 g/mol. The predicted molar refractivity (Wildman–Crippen MR) is 105 cm³/mol. The number of esters is 1. The third-order valence-electron chi connectivity index (χ3n) is 4.22. The molecule has 0 aromatic heterocycles. The van der Waals surface area contributed by atoms with Crippen LogP contribution in [0.4, 0.5) is 5.69 Å². The van der Waals surface area contributed by atoms with E-state index in [1.165, 1.54) is 55.5 Å². The number of benzene rings is 2. The third kappa shape index (κ3) is 5.64. The van der Waals surface area contributed by atoms with Crippen molar-refractivity contribution in [2.75, 3.05) is 11.3 Å². The molecule has 0 atom stereocenters. The minimum Gasteiger partial charge on any atom is -0.452 e. The van der Waals surface area contributed by atoms with Crippen LogP contribution in [-0.2, 0) is 19.6 Å². The fraction of sp³-hybridized carbons (Fsp3) is 0.250. The molecule has 9 heteroatoms. The van der Waals surface area contributed by atoms with Crippen LogP contribution in [0.5, 0.6) is 0 Å². The van der Waals surface area contributed by atoms with Gasteiger partial charge in [0.1, 0.15) is 0 Å². The van der Waals surface area contributed by atoms with Crippen molar-refractivity contribution in [1.82, 2.24) is 5.32 Å². The minimum absolute atomic E-state index is 0.00709. The summed E-state index contributed by atoms with van der Waals surface area (Å²) >= 11 is 0. The molecule has 8 nitrogen and oxygen atoms in total. The van der Waals surface area contributed by atoms with Gasteiger partial charge in [0.15, 0.2) is 12.4 Å². The molecule has 0 aliphatic heterocycles. The second-order valence-corrected chi connectivity index (χ2v) is 8.36. The Bertz CT molecular complexity index is 1030. The van der Waals surface area contributed by atoms with Crippen molar-refractivity contribution in [2.45, 2.75) is 30.7 Å². The molecule has 29 heavy (non-hydrogen) atoms. The first-order valence-corrected chi connectivity index (χ1v) is 10.4. The van der Waals surface area contributed by atoms with Crippen LogP contribution in [0.3, 0.4) is 0 Å². The summed E-state index contributed by atoms with van der Waals surface area (Å²) in [6, 6.07) is 11.4. The van der Waals surface area contributed by atoms with E-state index in [-0.39, 0.29) is 40.5 Å². The molecule has 1 aliphatic carbocycles. The second-order valence-electron chi connectivity index (χ2n) is 6.68. The Hall–Kier alpha value is -3.20. The topological polar surface area (TPSA) is 119 Å². The van der Waals surface area contributed by atoms with Gasteiger partial charge in [-0.25, -0.2) is 13.2 Å². The lowest BCUT2D eigenvalue weighted by Crippen LogP contribution is -2.30. The maximum Gasteiger partial charge on any atom is 0.338 e. The van der Waals surface area contributed by atoms with Crippen molar-refractivity contribution in [3.8, 4) is 0 Å². The molecular formula is C20H20N2O6S. The number of carbonyl (C=O) groups excluding carboxylic acids is 3. The summed E-state index contributed by atoms with van der Waals surface area (Å²) in [5.41, 5.74) is 0.860. The summed E-state index contributed by atoms with van der Waals surface area (Å²) in [5, 5.41) is 2.71. The Morgan fingerprint density at radius 3 is 2.10 bits per heavy atom. The Morgan fingerprint density at radius 1 is 0.966 bits per heavy atom. The van der Waals surface area contributed by atoms with E-state index >= 15 is 0 Å². The summed E-state index contributed by atoms with van der Waals surface area (Å²) in [4.78, 5) is 34.8. The smallest absolute Gasteiger partial charge is 0.338 e. The van der Waals surface area contributed by atoms with Crippen LogP contribution >= 0.6 is 0 Å². The number of carbonyl (C=O) groups is 3. The number of sulfonamides is 1. The first kappa shape index (κ1) is 20.5. The molecule has 1 fully saturated rings. The zero-order chi connectivity index (χ0) is 21.0. The Morgan fingerprint density at radius 2 is 1.55 bits per heavy atom. The van der Waals surface area contributed by atoms with Crippen LogP contribution in [0, 0.1) is 0 Å². The summed E-state index contributed by atoms with van der Waals surface area (Å²) in [6.45, 7) is 1.04. The average molecular weight is 416 g/mol. The van der Waals surface area contributed by atoms with Gasteiger partial charge in [0.05, 0.1) is 10.5 Å². The van der Waals surface area contributed by atoms with E-state index in [1.807, 2.05) is 0 Å². The number of rotatable bonds is 8. The number of hydrogen-bond acceptors (Lipinski definition) is 6. The Balaban J connectivity index is 1.59. The van der Waals surface area contributed by atoms with E-state index in [2.05, 4.69) is 10.0 Å². The molecule has 3 rings (SSSR count). The van der Waals surface area contributed by atoms with Gasteiger partial charge in [-0.1, -0.05) is 12.1 Å². The van der Waals surface area contributed by atoms with Crippen LogP contribution in [0.15, 0.2) is 53.4 Å². The van der Waals surface area contributed by atoms with Crippen molar-refractivity contribution < 1.29 is 27.5 Å². The first-order valence-electron chi connectivity index (χ1n) is 8.95. The van der Waals surface area contributed by atoms with Gasteiger partial charge in [0, 0.05) is 17.3 Å². The molecule has 2 N–H and O–H groups in total. The Labute approximate surface area is 168 Å². The van der Waals surface area contributed by atoms with Crippen molar-refractivity contribution in [3.63, 3.8) is 0 Å². The van der Waals surface area contributed by atoms with Gasteiger partial charge < -0.3 is 10.1 Å². The lowest BCUT2D eigenvalue weighted by atomic mass is 10.2. The van der Waals surface area contributed by atoms with Gasteiger partial charge in [0.2, 0.25) is 0 Å². The van der Waals surface area contributed by atoms with E-state index in [0.29, 0.717) is 5.56 Å². The first-order chi connectivity index (χ1) is 13.7. The summed E-state index contributed by atoms with van der Waals surface area (Å²) in [5.74, 6) is -1.18. The molecule has 0 heterocycles. The standard InChI is InChI=1S/C20H20N2O6S/c1-13(23)14-4-10-18(11-5-14)29(26,27)22-17-6-2-15(3-7-17)20(25)28-12-19(24)21-16-8-9-16/h2-7,10-11,16,22H,8-9,12H2,1H3,(H,21,24). The second kappa shape index (κ2) is 8.44. The number of anilines is 1. The van der Waals surface area contributed by atoms with Gasteiger partial charge in [-0.15, -0.1) is 0 Å². The Kier molecular flexibility index (Phi) is 5.97. The number of hydrogen-bond donors (Lipinski definition) is 2. The van der Waals surface area contributed by atoms with Crippen molar-refractivity contribution in [3.05, 3.63) is 59.7 Å². The molecule has 0 radical (unpaired) electrons. The highest BCUT2D eigenvalue weighted by molar-refractivity contribution is 7.92. The van der Waals surface area contributed by atoms with Gasteiger partial charge in [-0.2, -0.15) is 0 Å². The number of ether oxygens (including phenoxy) is 1. The average Bonchev–Trinajstić information content (AvgIpc) is 3.50. The zero-order valence-corrected chi connectivity index (χ0v) is 16.5. The molecular weight excluding hydrogens is 396 g/mol. The van der Waals surface area contributed by atoms with Crippen LogP contribution < -0.4 is 10.0 Å². The zero-order valence-electron chi connectivity index (χ0n) is 15.7. The highest BCUT2D eigenvalue weighted by atomic mass is 32.2. The molecule has 152 valence electrons. The highest BCUT2D eigenvalue weighted by Crippen LogP contribution is 2.19. The largest absolute Gasteiger partial charge is 0.452 e.